The molecule has 0 spiro atoms. The Labute approximate surface area is 164 Å². The van der Waals surface area contributed by atoms with Crippen LogP contribution in [-0.2, 0) is 14.4 Å². The lowest BCUT2D eigenvalue weighted by Crippen LogP contribution is -2.28. The van der Waals surface area contributed by atoms with Gasteiger partial charge in [0, 0.05) is 19.4 Å². The van der Waals surface area contributed by atoms with E-state index in [1.165, 1.54) is 51.4 Å². The Bertz CT molecular complexity index is 400. The SMILES string of the molecule is CCNC(=O)CCCCCCCCCCCCCCCC(=O)NCC(=O)O. The van der Waals surface area contributed by atoms with Gasteiger partial charge >= 0.3 is 5.97 Å². The molecule has 0 saturated carbocycles. The Hall–Kier alpha value is -1.59. The first kappa shape index (κ1) is 25.4. The molecule has 6 heteroatoms. The fraction of sp³-hybridized carbons (Fsp3) is 0.857. The van der Waals surface area contributed by atoms with Crippen LogP contribution in [0.25, 0.3) is 0 Å². The second-order valence-corrected chi connectivity index (χ2v) is 7.22. The maximum Gasteiger partial charge on any atom is 0.322 e. The van der Waals surface area contributed by atoms with Crippen LogP contribution in [0.15, 0.2) is 0 Å². The van der Waals surface area contributed by atoms with Gasteiger partial charge in [0.25, 0.3) is 0 Å². The van der Waals surface area contributed by atoms with Crippen LogP contribution in [0, 0.1) is 0 Å². The largest absolute Gasteiger partial charge is 0.480 e. The smallest absolute Gasteiger partial charge is 0.322 e. The van der Waals surface area contributed by atoms with E-state index in [2.05, 4.69) is 10.6 Å². The van der Waals surface area contributed by atoms with Crippen LogP contribution in [-0.4, -0.2) is 36.0 Å². The number of aliphatic carboxylic acids is 1. The molecule has 158 valence electrons. The predicted molar refractivity (Wildman–Crippen MR) is 109 cm³/mol. The van der Waals surface area contributed by atoms with Crippen molar-refractivity contribution in [3.05, 3.63) is 0 Å². The van der Waals surface area contributed by atoms with Gasteiger partial charge in [0.05, 0.1) is 0 Å². The molecule has 0 atom stereocenters. The van der Waals surface area contributed by atoms with Gasteiger partial charge in [-0.05, 0) is 19.8 Å². The minimum absolute atomic E-state index is 0.165. The lowest BCUT2D eigenvalue weighted by Gasteiger charge is -2.04. The van der Waals surface area contributed by atoms with Gasteiger partial charge in [-0.25, -0.2) is 0 Å². The zero-order valence-electron chi connectivity index (χ0n) is 17.2. The van der Waals surface area contributed by atoms with Gasteiger partial charge in [0.2, 0.25) is 11.8 Å². The number of carboxylic acid groups (broad SMARTS) is 1. The lowest BCUT2D eigenvalue weighted by atomic mass is 10.0. The minimum Gasteiger partial charge on any atom is -0.480 e. The fourth-order valence-corrected chi connectivity index (χ4v) is 3.06. The molecule has 0 bridgehead atoms. The van der Waals surface area contributed by atoms with Crippen molar-refractivity contribution >= 4 is 17.8 Å². The third-order valence-corrected chi connectivity index (χ3v) is 4.62. The van der Waals surface area contributed by atoms with Gasteiger partial charge in [-0.2, -0.15) is 0 Å². The molecular weight excluding hydrogens is 344 g/mol. The van der Waals surface area contributed by atoms with Crippen molar-refractivity contribution in [3.63, 3.8) is 0 Å². The Kier molecular flexibility index (Phi) is 18.0. The molecule has 0 aromatic heterocycles. The number of carboxylic acids is 1. The van der Waals surface area contributed by atoms with Crippen molar-refractivity contribution in [1.82, 2.24) is 10.6 Å². The average Bonchev–Trinajstić information content (AvgIpc) is 2.63. The van der Waals surface area contributed by atoms with E-state index in [0.29, 0.717) is 12.8 Å². The van der Waals surface area contributed by atoms with Crippen molar-refractivity contribution < 1.29 is 19.5 Å². The maximum absolute atomic E-state index is 11.3. The van der Waals surface area contributed by atoms with E-state index in [4.69, 9.17) is 5.11 Å². The molecule has 0 rings (SSSR count). The normalized spacial score (nSPS) is 10.6. The molecule has 0 radical (unpaired) electrons. The topological polar surface area (TPSA) is 95.5 Å². The fourth-order valence-electron chi connectivity index (χ4n) is 3.06. The summed E-state index contributed by atoms with van der Waals surface area (Å²) in [7, 11) is 0. The Morgan fingerprint density at radius 2 is 0.926 bits per heavy atom. The van der Waals surface area contributed by atoms with E-state index >= 15 is 0 Å². The quantitative estimate of drug-likeness (QED) is 0.291. The number of unbranched alkanes of at least 4 members (excludes halogenated alkanes) is 12. The molecule has 0 aliphatic carbocycles. The van der Waals surface area contributed by atoms with Crippen molar-refractivity contribution in [2.24, 2.45) is 0 Å². The summed E-state index contributed by atoms with van der Waals surface area (Å²) in [6.07, 6.45) is 16.5. The van der Waals surface area contributed by atoms with Crippen LogP contribution >= 0.6 is 0 Å². The second-order valence-electron chi connectivity index (χ2n) is 7.22. The lowest BCUT2D eigenvalue weighted by molar-refractivity contribution is -0.138. The number of carbonyl (C=O) groups excluding carboxylic acids is 2. The van der Waals surface area contributed by atoms with Crippen molar-refractivity contribution in [1.29, 1.82) is 0 Å². The summed E-state index contributed by atoms with van der Waals surface area (Å²) in [5.74, 6) is -0.986. The maximum atomic E-state index is 11.3. The molecule has 2 amide bonds. The number of rotatable bonds is 19. The third kappa shape index (κ3) is 20.6. The number of hydrogen-bond donors (Lipinski definition) is 3. The molecule has 0 aromatic rings. The van der Waals surface area contributed by atoms with Crippen molar-refractivity contribution in [2.75, 3.05) is 13.1 Å². The molecular formula is C21H40N2O4. The van der Waals surface area contributed by atoms with Gasteiger partial charge in [-0.3, -0.25) is 14.4 Å². The first-order valence-corrected chi connectivity index (χ1v) is 10.8. The number of hydrogen-bond acceptors (Lipinski definition) is 3. The second kappa shape index (κ2) is 19.2. The predicted octanol–water partition coefficient (Wildman–Crippen LogP) is 4.17. The Balaban J connectivity index is 3.16. The average molecular weight is 385 g/mol. The molecule has 6 nitrogen and oxygen atoms in total. The van der Waals surface area contributed by atoms with Crippen LogP contribution < -0.4 is 10.6 Å². The van der Waals surface area contributed by atoms with Gasteiger partial charge < -0.3 is 15.7 Å². The molecule has 0 unspecified atom stereocenters. The molecule has 0 aliphatic heterocycles. The van der Waals surface area contributed by atoms with E-state index < -0.39 is 5.97 Å². The zero-order valence-corrected chi connectivity index (χ0v) is 17.2. The summed E-state index contributed by atoms with van der Waals surface area (Å²) in [6, 6.07) is 0. The summed E-state index contributed by atoms with van der Waals surface area (Å²) >= 11 is 0. The van der Waals surface area contributed by atoms with Gasteiger partial charge in [0.1, 0.15) is 6.54 Å². The summed E-state index contributed by atoms with van der Waals surface area (Å²) in [5.41, 5.74) is 0. The standard InChI is InChI=1S/C21H40N2O4/c1-2-22-19(24)16-14-12-10-8-6-4-3-5-7-9-11-13-15-17-20(25)23-18-21(26)27/h2-18H2,1H3,(H,22,24)(H,23,25)(H,26,27). The van der Waals surface area contributed by atoms with Crippen molar-refractivity contribution in [2.45, 2.75) is 103 Å². The van der Waals surface area contributed by atoms with E-state index in [-0.39, 0.29) is 18.4 Å². The van der Waals surface area contributed by atoms with E-state index in [1.807, 2.05) is 6.92 Å². The number of nitrogens with one attached hydrogen (secondary N) is 2. The first-order chi connectivity index (χ1) is 13.1. The summed E-state index contributed by atoms with van der Waals surface area (Å²) in [6.45, 7) is 2.39. The first-order valence-electron chi connectivity index (χ1n) is 10.8. The molecule has 3 N–H and O–H groups in total. The van der Waals surface area contributed by atoms with Crippen LogP contribution in [0.3, 0.4) is 0 Å². The van der Waals surface area contributed by atoms with Crippen LogP contribution in [0.1, 0.15) is 103 Å². The number of carbonyl (C=O) groups is 3. The van der Waals surface area contributed by atoms with Gasteiger partial charge in [0.15, 0.2) is 0 Å². The monoisotopic (exact) mass is 384 g/mol. The molecule has 27 heavy (non-hydrogen) atoms. The summed E-state index contributed by atoms with van der Waals surface area (Å²) in [4.78, 5) is 32.9. The van der Waals surface area contributed by atoms with Crippen LogP contribution in [0.2, 0.25) is 0 Å². The van der Waals surface area contributed by atoms with Gasteiger partial charge in [-0.1, -0.05) is 70.6 Å². The highest BCUT2D eigenvalue weighted by atomic mass is 16.4. The number of amides is 2. The van der Waals surface area contributed by atoms with Crippen molar-refractivity contribution in [3.8, 4) is 0 Å². The highest BCUT2D eigenvalue weighted by Gasteiger charge is 2.03. The minimum atomic E-state index is -1.00. The van der Waals surface area contributed by atoms with Crippen LogP contribution in [0.4, 0.5) is 0 Å². The molecule has 0 saturated heterocycles. The van der Waals surface area contributed by atoms with E-state index in [9.17, 15) is 14.4 Å². The molecule has 0 fully saturated rings. The summed E-state index contributed by atoms with van der Waals surface area (Å²) < 4.78 is 0. The van der Waals surface area contributed by atoms with E-state index in [0.717, 1.165) is 38.6 Å². The van der Waals surface area contributed by atoms with Crippen LogP contribution in [0.5, 0.6) is 0 Å². The third-order valence-electron chi connectivity index (χ3n) is 4.62. The van der Waals surface area contributed by atoms with Gasteiger partial charge in [-0.15, -0.1) is 0 Å². The molecule has 0 heterocycles. The molecule has 0 aliphatic rings. The Morgan fingerprint density at radius 1 is 0.593 bits per heavy atom. The summed E-state index contributed by atoms with van der Waals surface area (Å²) in [5, 5.41) is 13.7. The highest BCUT2D eigenvalue weighted by molar-refractivity contribution is 5.80. The van der Waals surface area contributed by atoms with E-state index in [1.54, 1.807) is 0 Å². The highest BCUT2D eigenvalue weighted by Crippen LogP contribution is 2.13. The molecule has 0 aromatic carbocycles. The Morgan fingerprint density at radius 3 is 1.26 bits per heavy atom. The zero-order chi connectivity index (χ0) is 20.2.